The summed E-state index contributed by atoms with van der Waals surface area (Å²) in [4.78, 5) is 19.0. The second-order valence-electron chi connectivity index (χ2n) is 9.65. The van der Waals surface area contributed by atoms with Crippen LogP contribution >= 0.6 is 0 Å². The third-order valence-electron chi connectivity index (χ3n) is 7.72. The Morgan fingerprint density at radius 1 is 1.16 bits per heavy atom. The van der Waals surface area contributed by atoms with Crippen molar-refractivity contribution in [1.82, 2.24) is 19.9 Å². The van der Waals surface area contributed by atoms with Gasteiger partial charge in [-0.05, 0) is 57.1 Å². The molecule has 164 valence electrons. The Balaban J connectivity index is 1.39. The molecule has 0 bridgehead atoms. The fraction of sp³-hybridized carbons (Fsp3) is 0.583. The number of nitrogens with two attached hydrogens (primary N) is 1. The highest BCUT2D eigenvalue weighted by molar-refractivity contribution is 6.08. The van der Waals surface area contributed by atoms with Gasteiger partial charge in [-0.3, -0.25) is 9.88 Å². The molecule has 1 saturated carbocycles. The van der Waals surface area contributed by atoms with Gasteiger partial charge in [0.15, 0.2) is 5.82 Å². The fourth-order valence-corrected chi connectivity index (χ4v) is 5.83. The van der Waals surface area contributed by atoms with E-state index in [4.69, 9.17) is 16.1 Å². The van der Waals surface area contributed by atoms with Crippen LogP contribution in [0.2, 0.25) is 0 Å². The molecule has 3 aliphatic rings. The van der Waals surface area contributed by atoms with E-state index in [1.165, 1.54) is 64.2 Å². The number of pyridine rings is 1. The lowest BCUT2D eigenvalue weighted by atomic mass is 9.77. The van der Waals surface area contributed by atoms with Crippen LogP contribution in [-0.4, -0.2) is 58.3 Å². The molecule has 3 fully saturated rings. The summed E-state index contributed by atoms with van der Waals surface area (Å²) in [5, 5.41) is 8.79. The normalized spacial score (nSPS) is 22.9. The standard InChI is InChI=1S/C24H33N7/c1-17(26)20(14-25)22-28-21-15-27-10-6-19(21)23(29-22)30-11-7-24(8-12-30)9-13-31(16-24)18-4-2-3-5-18/h6,10,14-15,18,25H,2-5,7-9,11-13,16,26H2,1H3/b20-17+,25-14?. The van der Waals surface area contributed by atoms with Gasteiger partial charge < -0.3 is 16.0 Å². The van der Waals surface area contributed by atoms with Crippen LogP contribution in [0.4, 0.5) is 5.82 Å². The van der Waals surface area contributed by atoms with Gasteiger partial charge in [0, 0.05) is 49.2 Å². The van der Waals surface area contributed by atoms with E-state index in [0.717, 1.165) is 35.9 Å². The zero-order chi connectivity index (χ0) is 21.4. The molecule has 1 spiro atoms. The molecule has 7 nitrogen and oxygen atoms in total. The van der Waals surface area contributed by atoms with Gasteiger partial charge in [-0.15, -0.1) is 0 Å². The zero-order valence-electron chi connectivity index (χ0n) is 18.5. The second kappa shape index (κ2) is 8.19. The van der Waals surface area contributed by atoms with Crippen LogP contribution in [0, 0.1) is 10.8 Å². The van der Waals surface area contributed by atoms with Gasteiger partial charge in [0.1, 0.15) is 5.82 Å². The van der Waals surface area contributed by atoms with Crippen molar-refractivity contribution >= 4 is 28.5 Å². The number of rotatable bonds is 4. The van der Waals surface area contributed by atoms with E-state index in [2.05, 4.69) is 19.8 Å². The Labute approximate surface area is 184 Å². The summed E-state index contributed by atoms with van der Waals surface area (Å²) < 4.78 is 0. The summed E-state index contributed by atoms with van der Waals surface area (Å²) in [7, 11) is 0. The van der Waals surface area contributed by atoms with Gasteiger partial charge >= 0.3 is 0 Å². The highest BCUT2D eigenvalue weighted by atomic mass is 15.2. The highest BCUT2D eigenvalue weighted by Crippen LogP contribution is 2.43. The van der Waals surface area contributed by atoms with Crippen molar-refractivity contribution in [2.75, 3.05) is 31.1 Å². The highest BCUT2D eigenvalue weighted by Gasteiger charge is 2.43. The molecule has 31 heavy (non-hydrogen) atoms. The number of nitrogens with one attached hydrogen (secondary N) is 1. The molecule has 2 aliphatic heterocycles. The summed E-state index contributed by atoms with van der Waals surface area (Å²) in [6, 6.07) is 2.84. The second-order valence-corrected chi connectivity index (χ2v) is 9.65. The molecule has 2 aromatic rings. The van der Waals surface area contributed by atoms with Crippen LogP contribution < -0.4 is 10.6 Å². The maximum atomic E-state index is 7.77. The predicted octanol–water partition coefficient (Wildman–Crippen LogP) is 3.60. The van der Waals surface area contributed by atoms with E-state index < -0.39 is 0 Å². The maximum absolute atomic E-state index is 7.77. The predicted molar refractivity (Wildman–Crippen MR) is 125 cm³/mol. The number of fused-ring (bicyclic) bond motifs is 1. The average Bonchev–Trinajstić information content (AvgIpc) is 3.45. The average molecular weight is 420 g/mol. The molecule has 2 saturated heterocycles. The first-order valence-electron chi connectivity index (χ1n) is 11.7. The monoisotopic (exact) mass is 419 g/mol. The van der Waals surface area contributed by atoms with E-state index >= 15 is 0 Å². The molecule has 2 aromatic heterocycles. The van der Waals surface area contributed by atoms with E-state index in [1.807, 2.05) is 6.07 Å². The summed E-state index contributed by atoms with van der Waals surface area (Å²) in [5.74, 6) is 1.46. The first-order valence-corrected chi connectivity index (χ1v) is 11.7. The lowest BCUT2D eigenvalue weighted by Gasteiger charge is -2.40. The number of aromatic nitrogens is 3. The van der Waals surface area contributed by atoms with Crippen LogP contribution in [0.3, 0.4) is 0 Å². The Morgan fingerprint density at radius 2 is 1.90 bits per heavy atom. The minimum Gasteiger partial charge on any atom is -0.402 e. The van der Waals surface area contributed by atoms with Crippen molar-refractivity contribution in [3.05, 3.63) is 30.0 Å². The van der Waals surface area contributed by atoms with Crippen molar-refractivity contribution in [2.24, 2.45) is 11.1 Å². The van der Waals surface area contributed by atoms with Crippen LogP contribution in [-0.2, 0) is 0 Å². The van der Waals surface area contributed by atoms with Crippen LogP contribution in [0.1, 0.15) is 57.7 Å². The lowest BCUT2D eigenvalue weighted by Crippen LogP contribution is -2.43. The largest absolute Gasteiger partial charge is 0.402 e. The minimum atomic E-state index is 0.472. The number of likely N-dealkylation sites (tertiary alicyclic amines) is 1. The first kappa shape index (κ1) is 20.4. The molecule has 0 unspecified atom stereocenters. The number of anilines is 1. The third-order valence-corrected chi connectivity index (χ3v) is 7.72. The molecule has 5 rings (SSSR count). The molecule has 0 atom stereocenters. The van der Waals surface area contributed by atoms with Gasteiger partial charge in [0.05, 0.1) is 17.3 Å². The van der Waals surface area contributed by atoms with Crippen molar-refractivity contribution in [3.63, 3.8) is 0 Å². The van der Waals surface area contributed by atoms with Gasteiger partial charge in [-0.1, -0.05) is 12.8 Å². The number of hydrogen-bond donors (Lipinski definition) is 2. The Hall–Kier alpha value is -2.54. The van der Waals surface area contributed by atoms with Crippen LogP contribution in [0.15, 0.2) is 24.2 Å². The molecule has 3 N–H and O–H groups in total. The quantitative estimate of drug-likeness (QED) is 0.735. The number of hydrogen-bond acceptors (Lipinski definition) is 7. The SMILES string of the molecule is C/C(N)=C(/C=N)c1nc(N2CCC3(CC2)CCN(C2CCCC2)C3)c2ccncc2n1. The molecule has 0 amide bonds. The molecular formula is C24H33N7. The summed E-state index contributed by atoms with van der Waals surface area (Å²) in [6.45, 7) is 6.37. The Bertz CT molecular complexity index is 996. The van der Waals surface area contributed by atoms with Crippen LogP contribution in [0.5, 0.6) is 0 Å². The molecule has 1 aliphatic carbocycles. The van der Waals surface area contributed by atoms with Crippen LogP contribution in [0.25, 0.3) is 16.5 Å². The van der Waals surface area contributed by atoms with Crippen molar-refractivity contribution in [1.29, 1.82) is 5.41 Å². The van der Waals surface area contributed by atoms with E-state index in [1.54, 1.807) is 19.3 Å². The number of piperidine rings is 1. The lowest BCUT2D eigenvalue weighted by molar-refractivity contribution is 0.178. The smallest absolute Gasteiger partial charge is 0.165 e. The van der Waals surface area contributed by atoms with Gasteiger partial charge in [-0.2, -0.15) is 0 Å². The summed E-state index contributed by atoms with van der Waals surface area (Å²) in [5.41, 5.74) is 8.41. The molecule has 0 radical (unpaired) electrons. The van der Waals surface area contributed by atoms with E-state index in [9.17, 15) is 0 Å². The summed E-state index contributed by atoms with van der Waals surface area (Å²) >= 11 is 0. The van der Waals surface area contributed by atoms with Gasteiger partial charge in [0.2, 0.25) is 0 Å². The van der Waals surface area contributed by atoms with Crippen molar-refractivity contribution in [2.45, 2.75) is 57.9 Å². The Morgan fingerprint density at radius 3 is 2.61 bits per heavy atom. The van der Waals surface area contributed by atoms with Crippen molar-refractivity contribution < 1.29 is 0 Å². The molecular weight excluding hydrogens is 386 g/mol. The van der Waals surface area contributed by atoms with E-state index in [0.29, 0.717) is 22.5 Å². The topological polar surface area (TPSA) is 95.0 Å². The van der Waals surface area contributed by atoms with Gasteiger partial charge in [-0.25, -0.2) is 9.97 Å². The molecule has 0 aromatic carbocycles. The number of nitrogens with zero attached hydrogens (tertiary/aromatic N) is 5. The zero-order valence-corrected chi connectivity index (χ0v) is 18.5. The number of allylic oxidation sites excluding steroid dienone is 2. The van der Waals surface area contributed by atoms with Crippen molar-refractivity contribution in [3.8, 4) is 0 Å². The minimum absolute atomic E-state index is 0.472. The fourth-order valence-electron chi connectivity index (χ4n) is 5.83. The molecule has 4 heterocycles. The first-order chi connectivity index (χ1) is 15.1. The van der Waals surface area contributed by atoms with Gasteiger partial charge in [0.25, 0.3) is 0 Å². The summed E-state index contributed by atoms with van der Waals surface area (Å²) in [6.07, 6.45) is 14.2. The van der Waals surface area contributed by atoms with E-state index in [-0.39, 0.29) is 0 Å². The third kappa shape index (κ3) is 3.80. The maximum Gasteiger partial charge on any atom is 0.165 e. The Kier molecular flexibility index (Phi) is 5.38. The molecule has 7 heteroatoms.